The first kappa shape index (κ1) is 13.3. The van der Waals surface area contributed by atoms with Gasteiger partial charge in [-0.15, -0.1) is 0 Å². The van der Waals surface area contributed by atoms with Crippen LogP contribution in [0.15, 0.2) is 45.9 Å². The standard InChI is InChI=1S/C13H11ClN2O3/c14-10-3-1-2-9(6-10)12-5-4-11(19-12)7-15-16-13(18)8-17/h1-7,17H,8H2,(H,16,18). The van der Waals surface area contributed by atoms with Crippen LogP contribution in [0, 0.1) is 0 Å². The van der Waals surface area contributed by atoms with Gasteiger partial charge in [-0.25, -0.2) is 5.43 Å². The van der Waals surface area contributed by atoms with Crippen LogP contribution < -0.4 is 5.43 Å². The van der Waals surface area contributed by atoms with Crippen molar-refractivity contribution in [2.75, 3.05) is 6.61 Å². The molecule has 0 bridgehead atoms. The summed E-state index contributed by atoms with van der Waals surface area (Å²) in [7, 11) is 0. The minimum atomic E-state index is -0.608. The largest absolute Gasteiger partial charge is 0.455 e. The molecule has 5 nitrogen and oxygen atoms in total. The van der Waals surface area contributed by atoms with E-state index < -0.39 is 12.5 Å². The van der Waals surface area contributed by atoms with Crippen molar-refractivity contribution in [3.8, 4) is 11.3 Å². The maximum Gasteiger partial charge on any atom is 0.265 e. The van der Waals surface area contributed by atoms with E-state index in [1.54, 1.807) is 24.3 Å². The summed E-state index contributed by atoms with van der Waals surface area (Å²) in [6, 6.07) is 10.8. The molecule has 0 spiro atoms. The number of nitrogens with one attached hydrogen (secondary N) is 1. The van der Waals surface area contributed by atoms with Gasteiger partial charge in [0, 0.05) is 10.6 Å². The Morgan fingerprint density at radius 2 is 2.26 bits per heavy atom. The van der Waals surface area contributed by atoms with Gasteiger partial charge in [-0.2, -0.15) is 5.10 Å². The summed E-state index contributed by atoms with van der Waals surface area (Å²) in [6.45, 7) is -0.608. The third-order valence-corrected chi connectivity index (χ3v) is 2.50. The molecule has 6 heteroatoms. The number of nitrogens with zero attached hydrogens (tertiary/aromatic N) is 1. The van der Waals surface area contributed by atoms with Gasteiger partial charge in [0.2, 0.25) is 0 Å². The number of amides is 1. The number of hydrogen-bond donors (Lipinski definition) is 2. The van der Waals surface area contributed by atoms with Crippen LogP contribution in [0.5, 0.6) is 0 Å². The van der Waals surface area contributed by atoms with Crippen LogP contribution in [0.4, 0.5) is 0 Å². The predicted molar refractivity (Wildman–Crippen MR) is 72.0 cm³/mol. The van der Waals surface area contributed by atoms with E-state index in [0.717, 1.165) is 5.56 Å². The average Bonchev–Trinajstić information content (AvgIpc) is 2.87. The van der Waals surface area contributed by atoms with Gasteiger partial charge in [0.25, 0.3) is 5.91 Å². The summed E-state index contributed by atoms with van der Waals surface area (Å²) in [5.41, 5.74) is 2.99. The highest BCUT2D eigenvalue weighted by atomic mass is 35.5. The van der Waals surface area contributed by atoms with Gasteiger partial charge in [0.1, 0.15) is 18.1 Å². The summed E-state index contributed by atoms with van der Waals surface area (Å²) in [5, 5.41) is 12.7. The van der Waals surface area contributed by atoms with E-state index in [4.69, 9.17) is 21.1 Å². The van der Waals surface area contributed by atoms with Gasteiger partial charge >= 0.3 is 0 Å². The van der Waals surface area contributed by atoms with Gasteiger partial charge < -0.3 is 9.52 Å². The molecule has 2 rings (SSSR count). The number of hydrazone groups is 1. The predicted octanol–water partition coefficient (Wildman–Crippen LogP) is 2.04. The van der Waals surface area contributed by atoms with Gasteiger partial charge in [-0.3, -0.25) is 4.79 Å². The Labute approximate surface area is 114 Å². The molecule has 1 heterocycles. The van der Waals surface area contributed by atoms with Crippen molar-refractivity contribution >= 4 is 23.7 Å². The van der Waals surface area contributed by atoms with Crippen molar-refractivity contribution in [2.24, 2.45) is 5.10 Å². The number of benzene rings is 1. The number of rotatable bonds is 4. The maximum absolute atomic E-state index is 10.7. The highest BCUT2D eigenvalue weighted by Crippen LogP contribution is 2.24. The normalized spacial score (nSPS) is 10.8. The first-order valence-corrected chi connectivity index (χ1v) is 5.85. The van der Waals surface area contributed by atoms with E-state index in [1.165, 1.54) is 6.21 Å². The van der Waals surface area contributed by atoms with Crippen LogP contribution in [0.3, 0.4) is 0 Å². The minimum Gasteiger partial charge on any atom is -0.455 e. The molecule has 1 aromatic carbocycles. The van der Waals surface area contributed by atoms with Gasteiger partial charge in [-0.05, 0) is 24.3 Å². The number of carbonyl (C=O) groups excluding carboxylic acids is 1. The molecule has 98 valence electrons. The van der Waals surface area contributed by atoms with Crippen molar-refractivity contribution in [1.29, 1.82) is 0 Å². The average molecular weight is 279 g/mol. The zero-order valence-electron chi connectivity index (χ0n) is 9.84. The van der Waals surface area contributed by atoms with Crippen molar-refractivity contribution in [2.45, 2.75) is 0 Å². The molecule has 0 atom stereocenters. The second kappa shape index (κ2) is 6.17. The second-order valence-electron chi connectivity index (χ2n) is 3.66. The third-order valence-electron chi connectivity index (χ3n) is 2.26. The number of furan rings is 1. The molecule has 1 amide bonds. The molecule has 0 saturated carbocycles. The molecule has 0 unspecified atom stereocenters. The molecule has 0 radical (unpaired) electrons. The van der Waals surface area contributed by atoms with Crippen molar-refractivity contribution in [3.05, 3.63) is 47.2 Å². The van der Waals surface area contributed by atoms with Crippen LogP contribution in [0.2, 0.25) is 5.02 Å². The van der Waals surface area contributed by atoms with E-state index in [-0.39, 0.29) is 0 Å². The molecule has 0 fully saturated rings. The van der Waals surface area contributed by atoms with Crippen LogP contribution >= 0.6 is 11.6 Å². The molecule has 2 N–H and O–H groups in total. The number of hydrogen-bond acceptors (Lipinski definition) is 4. The van der Waals surface area contributed by atoms with E-state index in [9.17, 15) is 4.79 Å². The highest BCUT2D eigenvalue weighted by Gasteiger charge is 2.04. The highest BCUT2D eigenvalue weighted by molar-refractivity contribution is 6.30. The summed E-state index contributed by atoms with van der Waals surface area (Å²) in [5.74, 6) is 0.545. The Hall–Kier alpha value is -2.11. The van der Waals surface area contributed by atoms with Crippen LogP contribution in [-0.2, 0) is 4.79 Å². The summed E-state index contributed by atoms with van der Waals surface area (Å²) in [6.07, 6.45) is 1.35. The smallest absolute Gasteiger partial charge is 0.265 e. The Balaban J connectivity index is 2.09. The fraction of sp³-hybridized carbons (Fsp3) is 0.0769. The summed E-state index contributed by atoms with van der Waals surface area (Å²) < 4.78 is 5.52. The Kier molecular flexibility index (Phi) is 4.33. The maximum atomic E-state index is 10.7. The van der Waals surface area contributed by atoms with Crippen molar-refractivity contribution in [1.82, 2.24) is 5.43 Å². The molecule has 0 saturated heterocycles. The van der Waals surface area contributed by atoms with E-state index >= 15 is 0 Å². The van der Waals surface area contributed by atoms with Gasteiger partial charge in [0.05, 0.1) is 6.21 Å². The lowest BCUT2D eigenvalue weighted by Gasteiger charge is -1.97. The van der Waals surface area contributed by atoms with Gasteiger partial charge in [-0.1, -0.05) is 23.7 Å². The molecule has 0 aliphatic heterocycles. The van der Waals surface area contributed by atoms with Crippen LogP contribution in [0.25, 0.3) is 11.3 Å². The van der Waals surface area contributed by atoms with E-state index in [0.29, 0.717) is 16.5 Å². The molecular formula is C13H11ClN2O3. The van der Waals surface area contributed by atoms with E-state index in [2.05, 4.69) is 10.5 Å². The first-order chi connectivity index (χ1) is 9.19. The number of halogens is 1. The minimum absolute atomic E-state index is 0.480. The second-order valence-corrected chi connectivity index (χ2v) is 4.10. The monoisotopic (exact) mass is 278 g/mol. The fourth-order valence-corrected chi connectivity index (χ4v) is 1.61. The first-order valence-electron chi connectivity index (χ1n) is 5.47. The molecular weight excluding hydrogens is 268 g/mol. The molecule has 2 aromatic rings. The SMILES string of the molecule is O=C(CO)NN=Cc1ccc(-c2cccc(Cl)c2)o1. The van der Waals surface area contributed by atoms with Crippen molar-refractivity contribution < 1.29 is 14.3 Å². The van der Waals surface area contributed by atoms with Crippen molar-refractivity contribution in [3.63, 3.8) is 0 Å². The fourth-order valence-electron chi connectivity index (χ4n) is 1.42. The lowest BCUT2D eigenvalue weighted by atomic mass is 10.2. The topological polar surface area (TPSA) is 74.8 Å². The molecule has 19 heavy (non-hydrogen) atoms. The molecule has 0 aliphatic rings. The number of aliphatic hydroxyl groups is 1. The van der Waals surface area contributed by atoms with Crippen LogP contribution in [0.1, 0.15) is 5.76 Å². The van der Waals surface area contributed by atoms with E-state index in [1.807, 2.05) is 12.1 Å². The zero-order chi connectivity index (χ0) is 13.7. The Bertz CT molecular complexity index is 607. The Morgan fingerprint density at radius 3 is 3.00 bits per heavy atom. The quantitative estimate of drug-likeness (QED) is 0.664. The molecule has 0 aliphatic carbocycles. The lowest BCUT2D eigenvalue weighted by molar-refractivity contribution is -0.123. The number of aliphatic hydroxyl groups excluding tert-OH is 1. The number of carbonyl (C=O) groups is 1. The van der Waals surface area contributed by atoms with Crippen LogP contribution in [-0.4, -0.2) is 23.8 Å². The summed E-state index contributed by atoms with van der Waals surface area (Å²) >= 11 is 5.90. The summed E-state index contributed by atoms with van der Waals surface area (Å²) in [4.78, 5) is 10.7. The zero-order valence-corrected chi connectivity index (χ0v) is 10.6. The third kappa shape index (κ3) is 3.67. The Morgan fingerprint density at radius 1 is 1.42 bits per heavy atom. The van der Waals surface area contributed by atoms with Gasteiger partial charge in [0.15, 0.2) is 0 Å². The molecule has 1 aromatic heterocycles. The lowest BCUT2D eigenvalue weighted by Crippen LogP contribution is -2.20.